The van der Waals surface area contributed by atoms with Crippen molar-refractivity contribution in [3.63, 3.8) is 0 Å². The fourth-order valence-corrected chi connectivity index (χ4v) is 1.93. The van der Waals surface area contributed by atoms with Gasteiger partial charge >= 0.3 is 5.97 Å². The van der Waals surface area contributed by atoms with Crippen molar-refractivity contribution in [1.82, 2.24) is 4.98 Å². The number of carbonyl (C=O) groups excluding carboxylic acids is 1. The van der Waals surface area contributed by atoms with E-state index in [-0.39, 0.29) is 12.6 Å². The maximum absolute atomic E-state index is 12.2. The van der Waals surface area contributed by atoms with Crippen LogP contribution in [-0.4, -0.2) is 28.3 Å². The summed E-state index contributed by atoms with van der Waals surface area (Å²) in [6.45, 7) is 5.52. The smallest absolute Gasteiger partial charge is 0.340 e. The molecule has 0 aliphatic heterocycles. The van der Waals surface area contributed by atoms with Crippen molar-refractivity contribution in [2.45, 2.75) is 26.4 Å². The Hall–Kier alpha value is -2.07. The lowest BCUT2D eigenvalue weighted by atomic mass is 10.1. The predicted molar refractivity (Wildman–Crippen MR) is 79.6 cm³/mol. The largest absolute Gasteiger partial charge is 0.456 e. The topological polar surface area (TPSA) is 62.3 Å². The normalized spacial score (nSPS) is 12.2. The van der Waals surface area contributed by atoms with E-state index in [1.54, 1.807) is 12.3 Å². The van der Waals surface area contributed by atoms with E-state index in [0.29, 0.717) is 5.56 Å². The van der Waals surface area contributed by atoms with Gasteiger partial charge in [-0.15, -0.1) is 0 Å². The third-order valence-electron chi connectivity index (χ3n) is 2.74. The van der Waals surface area contributed by atoms with E-state index < -0.39 is 5.60 Å². The molecule has 0 saturated carbocycles. The highest BCUT2D eigenvalue weighted by Crippen LogP contribution is 2.23. The Kier molecular flexibility index (Phi) is 3.95. The number of esters is 1. The molecule has 0 spiro atoms. The second-order valence-electron chi connectivity index (χ2n) is 5.59. The summed E-state index contributed by atoms with van der Waals surface area (Å²) in [5, 5.41) is 9.62. The average Bonchev–Trinajstić information content (AvgIpc) is 2.77. The number of aromatic amines is 1. The number of aliphatic hydroxyl groups is 1. The number of hydrogen-bond acceptors (Lipinski definition) is 3. The molecule has 2 aromatic rings. The van der Waals surface area contributed by atoms with Crippen LogP contribution in [0.25, 0.3) is 17.0 Å². The maximum Gasteiger partial charge on any atom is 0.340 e. The van der Waals surface area contributed by atoms with E-state index in [1.165, 1.54) is 0 Å². The third-order valence-corrected chi connectivity index (χ3v) is 2.74. The number of aliphatic hydroxyl groups excluding tert-OH is 1. The molecule has 20 heavy (non-hydrogen) atoms. The predicted octanol–water partition coefficient (Wildman–Crippen LogP) is 3.13. The van der Waals surface area contributed by atoms with Gasteiger partial charge in [0.15, 0.2) is 0 Å². The number of ether oxygens (including phenoxy) is 1. The van der Waals surface area contributed by atoms with Crippen molar-refractivity contribution in [1.29, 1.82) is 0 Å². The molecule has 4 nitrogen and oxygen atoms in total. The van der Waals surface area contributed by atoms with Crippen LogP contribution in [-0.2, 0) is 4.74 Å². The Labute approximate surface area is 118 Å². The molecule has 106 valence electrons. The highest BCUT2D eigenvalue weighted by Gasteiger charge is 2.20. The van der Waals surface area contributed by atoms with Gasteiger partial charge in [-0.25, -0.2) is 4.79 Å². The Bertz CT molecular complexity index is 647. The Morgan fingerprint density at radius 2 is 2.15 bits per heavy atom. The Morgan fingerprint density at radius 1 is 1.40 bits per heavy atom. The number of aromatic nitrogens is 1. The number of fused-ring (bicyclic) bond motifs is 1. The summed E-state index contributed by atoms with van der Waals surface area (Å²) in [6, 6.07) is 5.72. The van der Waals surface area contributed by atoms with Gasteiger partial charge in [-0.05, 0) is 38.5 Å². The minimum atomic E-state index is -0.519. The molecule has 4 heteroatoms. The number of carbonyl (C=O) groups is 1. The molecule has 0 fully saturated rings. The molecule has 0 unspecified atom stereocenters. The van der Waals surface area contributed by atoms with E-state index in [2.05, 4.69) is 4.98 Å². The van der Waals surface area contributed by atoms with Crippen LogP contribution in [0.1, 0.15) is 36.7 Å². The fraction of sp³-hybridized carbons (Fsp3) is 0.312. The Balaban J connectivity index is 2.39. The van der Waals surface area contributed by atoms with Gasteiger partial charge in [0.2, 0.25) is 0 Å². The number of nitrogens with one attached hydrogen (secondary N) is 1. The monoisotopic (exact) mass is 273 g/mol. The number of hydrogen-bond donors (Lipinski definition) is 2. The van der Waals surface area contributed by atoms with Crippen LogP contribution in [0.15, 0.2) is 30.5 Å². The summed E-state index contributed by atoms with van der Waals surface area (Å²) in [5.74, 6) is -0.341. The van der Waals surface area contributed by atoms with Gasteiger partial charge in [0.25, 0.3) is 0 Å². The fourth-order valence-electron chi connectivity index (χ4n) is 1.93. The van der Waals surface area contributed by atoms with Crippen molar-refractivity contribution in [2.75, 3.05) is 6.61 Å². The molecule has 0 bridgehead atoms. The summed E-state index contributed by atoms with van der Waals surface area (Å²) in [4.78, 5) is 15.2. The van der Waals surface area contributed by atoms with Crippen molar-refractivity contribution >= 4 is 22.9 Å². The van der Waals surface area contributed by atoms with E-state index in [0.717, 1.165) is 16.5 Å². The maximum atomic E-state index is 12.2. The minimum absolute atomic E-state index is 0.00982. The van der Waals surface area contributed by atoms with Gasteiger partial charge in [-0.3, -0.25) is 0 Å². The van der Waals surface area contributed by atoms with Crippen LogP contribution in [0, 0.1) is 0 Å². The highest BCUT2D eigenvalue weighted by molar-refractivity contribution is 6.04. The molecule has 1 heterocycles. The van der Waals surface area contributed by atoms with E-state index in [1.807, 2.05) is 45.0 Å². The molecule has 0 radical (unpaired) electrons. The first-order valence-electron chi connectivity index (χ1n) is 6.52. The zero-order valence-corrected chi connectivity index (χ0v) is 11.9. The summed E-state index contributed by atoms with van der Waals surface area (Å²) in [6.07, 6.45) is 5.13. The zero-order valence-electron chi connectivity index (χ0n) is 11.9. The zero-order chi connectivity index (χ0) is 14.8. The Morgan fingerprint density at radius 3 is 2.80 bits per heavy atom. The summed E-state index contributed by atoms with van der Waals surface area (Å²) >= 11 is 0. The molecule has 1 aromatic heterocycles. The molecule has 0 aliphatic carbocycles. The average molecular weight is 273 g/mol. The molecule has 0 aliphatic rings. The first kappa shape index (κ1) is 14.3. The lowest BCUT2D eigenvalue weighted by Gasteiger charge is -2.19. The van der Waals surface area contributed by atoms with Crippen LogP contribution >= 0.6 is 0 Å². The lowest BCUT2D eigenvalue weighted by molar-refractivity contribution is 0.00719. The standard InChI is InChI=1S/C16H19NO3/c1-16(2,3)20-15(19)13-10-17-14-7-6-11(5-4-8-18)9-12(13)14/h4-7,9-10,17-18H,8H2,1-3H3. The van der Waals surface area contributed by atoms with Crippen molar-refractivity contribution in [3.05, 3.63) is 41.6 Å². The van der Waals surface area contributed by atoms with Crippen LogP contribution in [0.3, 0.4) is 0 Å². The second-order valence-corrected chi connectivity index (χ2v) is 5.59. The van der Waals surface area contributed by atoms with Gasteiger partial charge in [-0.1, -0.05) is 18.2 Å². The minimum Gasteiger partial charge on any atom is -0.456 e. The van der Waals surface area contributed by atoms with Crippen molar-refractivity contribution < 1.29 is 14.6 Å². The first-order valence-corrected chi connectivity index (χ1v) is 6.52. The molecule has 2 N–H and O–H groups in total. The van der Waals surface area contributed by atoms with Crippen LogP contribution in [0.2, 0.25) is 0 Å². The van der Waals surface area contributed by atoms with Gasteiger partial charge < -0.3 is 14.8 Å². The third kappa shape index (κ3) is 3.27. The lowest BCUT2D eigenvalue weighted by Crippen LogP contribution is -2.23. The summed E-state index contributed by atoms with van der Waals surface area (Å²) in [7, 11) is 0. The van der Waals surface area contributed by atoms with Crippen LogP contribution < -0.4 is 0 Å². The molecule has 0 saturated heterocycles. The number of H-pyrrole nitrogens is 1. The highest BCUT2D eigenvalue weighted by atomic mass is 16.6. The number of rotatable bonds is 3. The summed E-state index contributed by atoms with van der Waals surface area (Å²) < 4.78 is 5.39. The molecule has 0 amide bonds. The molecular weight excluding hydrogens is 254 g/mol. The number of benzene rings is 1. The van der Waals surface area contributed by atoms with Crippen molar-refractivity contribution in [3.8, 4) is 0 Å². The van der Waals surface area contributed by atoms with Gasteiger partial charge in [0.05, 0.1) is 12.2 Å². The van der Waals surface area contributed by atoms with E-state index >= 15 is 0 Å². The quantitative estimate of drug-likeness (QED) is 0.844. The molecule has 0 atom stereocenters. The van der Waals surface area contributed by atoms with E-state index in [9.17, 15) is 4.79 Å². The van der Waals surface area contributed by atoms with Gasteiger partial charge in [0, 0.05) is 17.1 Å². The van der Waals surface area contributed by atoms with E-state index in [4.69, 9.17) is 9.84 Å². The molecular formula is C16H19NO3. The van der Waals surface area contributed by atoms with Crippen molar-refractivity contribution in [2.24, 2.45) is 0 Å². The molecule has 2 rings (SSSR count). The van der Waals surface area contributed by atoms with Crippen LogP contribution in [0.4, 0.5) is 0 Å². The summed E-state index contributed by atoms with van der Waals surface area (Å²) in [5.41, 5.74) is 1.81. The molecule has 1 aromatic carbocycles. The second kappa shape index (κ2) is 5.51. The SMILES string of the molecule is CC(C)(C)OC(=O)c1c[nH]c2ccc(C=CCO)cc12. The van der Waals surface area contributed by atoms with Gasteiger partial charge in [-0.2, -0.15) is 0 Å². The van der Waals surface area contributed by atoms with Gasteiger partial charge in [0.1, 0.15) is 5.60 Å². The first-order chi connectivity index (χ1) is 9.40. The van der Waals surface area contributed by atoms with Crippen LogP contribution in [0.5, 0.6) is 0 Å².